The lowest BCUT2D eigenvalue weighted by molar-refractivity contribution is -0.417. The second kappa shape index (κ2) is 3.88. The molecule has 0 atom stereocenters. The molecule has 0 aromatic carbocycles. The number of rotatable bonds is 2. The maximum atomic E-state index is 10.3. The Morgan fingerprint density at radius 1 is 1.89 bits per heavy atom. The number of hydrogen-bond donors (Lipinski definition) is 0. The molecule has 0 unspecified atom stereocenters. The first-order chi connectivity index (χ1) is 4.16. The third-order valence-electron chi connectivity index (χ3n) is 0.574. The van der Waals surface area contributed by atoms with E-state index in [9.17, 15) is 10.0 Å². The van der Waals surface area contributed by atoms with Crippen molar-refractivity contribution in [1.82, 2.24) is 0 Å². The standard InChI is InChI=1S/C5H9NO3/c1-3-9-5(7)4-6(2)8/h4H,3H2,1-2H3/b6-4-. The number of carbonyl (C=O) groups is 1. The number of ether oxygens (including phenoxy) is 1. The van der Waals surface area contributed by atoms with Crippen molar-refractivity contribution in [1.29, 1.82) is 0 Å². The molecule has 0 bridgehead atoms. The molecule has 0 amide bonds. The van der Waals surface area contributed by atoms with E-state index in [2.05, 4.69) is 4.74 Å². The minimum atomic E-state index is -0.602. The van der Waals surface area contributed by atoms with E-state index in [-0.39, 0.29) is 0 Å². The van der Waals surface area contributed by atoms with Crippen LogP contribution in [0.4, 0.5) is 0 Å². The Balaban J connectivity index is 3.63. The summed E-state index contributed by atoms with van der Waals surface area (Å²) in [4.78, 5) is 10.3. The Kier molecular flexibility index (Phi) is 3.43. The summed E-state index contributed by atoms with van der Waals surface area (Å²) >= 11 is 0. The molecule has 0 aliphatic rings. The topological polar surface area (TPSA) is 52.4 Å². The summed E-state index contributed by atoms with van der Waals surface area (Å²) < 4.78 is 4.82. The fraction of sp³-hybridized carbons (Fsp3) is 0.600. The van der Waals surface area contributed by atoms with Gasteiger partial charge >= 0.3 is 5.97 Å². The molecule has 4 nitrogen and oxygen atoms in total. The van der Waals surface area contributed by atoms with Crippen molar-refractivity contribution in [3.63, 3.8) is 0 Å². The van der Waals surface area contributed by atoms with Crippen molar-refractivity contribution in [3.8, 4) is 0 Å². The zero-order valence-electron chi connectivity index (χ0n) is 5.46. The van der Waals surface area contributed by atoms with Gasteiger partial charge in [-0.3, -0.25) is 0 Å². The zero-order chi connectivity index (χ0) is 7.28. The van der Waals surface area contributed by atoms with Crippen LogP contribution >= 0.6 is 0 Å². The highest BCUT2D eigenvalue weighted by molar-refractivity contribution is 6.20. The minimum Gasteiger partial charge on any atom is -0.624 e. The number of carbonyl (C=O) groups excluding carboxylic acids is 1. The van der Waals surface area contributed by atoms with E-state index in [0.29, 0.717) is 11.3 Å². The highest BCUT2D eigenvalue weighted by atomic mass is 16.5. The first-order valence-corrected chi connectivity index (χ1v) is 2.58. The fourth-order valence-corrected chi connectivity index (χ4v) is 0.328. The Morgan fingerprint density at radius 3 is 2.78 bits per heavy atom. The van der Waals surface area contributed by atoms with Crippen LogP contribution in [0.25, 0.3) is 0 Å². The van der Waals surface area contributed by atoms with E-state index < -0.39 is 5.97 Å². The van der Waals surface area contributed by atoms with Crippen molar-refractivity contribution >= 4 is 12.2 Å². The lowest BCUT2D eigenvalue weighted by atomic mass is 10.7. The van der Waals surface area contributed by atoms with Gasteiger partial charge < -0.3 is 9.94 Å². The van der Waals surface area contributed by atoms with Crippen molar-refractivity contribution < 1.29 is 14.3 Å². The molecule has 0 saturated carbocycles. The molecule has 0 aromatic rings. The number of hydroxylamine groups is 1. The quantitative estimate of drug-likeness (QED) is 0.171. The van der Waals surface area contributed by atoms with Gasteiger partial charge in [-0.05, 0) is 6.92 Å². The molecule has 0 heterocycles. The van der Waals surface area contributed by atoms with Crippen LogP contribution < -0.4 is 0 Å². The first-order valence-electron chi connectivity index (χ1n) is 2.58. The van der Waals surface area contributed by atoms with E-state index in [1.807, 2.05) is 0 Å². The van der Waals surface area contributed by atoms with Crippen molar-refractivity contribution in [3.05, 3.63) is 5.21 Å². The van der Waals surface area contributed by atoms with Crippen LogP contribution in [-0.4, -0.2) is 30.6 Å². The molecule has 4 heteroatoms. The number of hydrogen-bond acceptors (Lipinski definition) is 3. The van der Waals surface area contributed by atoms with Gasteiger partial charge in [-0.15, -0.1) is 0 Å². The molecular weight excluding hydrogens is 122 g/mol. The number of esters is 1. The molecule has 0 spiro atoms. The van der Waals surface area contributed by atoms with Crippen molar-refractivity contribution in [2.45, 2.75) is 6.92 Å². The Hall–Kier alpha value is -1.06. The van der Waals surface area contributed by atoms with Crippen molar-refractivity contribution in [2.75, 3.05) is 13.7 Å². The lowest BCUT2D eigenvalue weighted by Crippen LogP contribution is -2.11. The van der Waals surface area contributed by atoms with Gasteiger partial charge in [-0.2, -0.15) is 0 Å². The van der Waals surface area contributed by atoms with Gasteiger partial charge in [0.1, 0.15) is 7.05 Å². The van der Waals surface area contributed by atoms with E-state index in [1.54, 1.807) is 6.92 Å². The molecular formula is C5H9NO3. The molecule has 0 aromatic heterocycles. The predicted molar refractivity (Wildman–Crippen MR) is 32.2 cm³/mol. The molecule has 0 fully saturated rings. The second-order valence-electron chi connectivity index (χ2n) is 1.43. The van der Waals surface area contributed by atoms with E-state index >= 15 is 0 Å². The molecule has 0 aliphatic heterocycles. The maximum Gasteiger partial charge on any atom is 0.396 e. The lowest BCUT2D eigenvalue weighted by Gasteiger charge is -1.94. The van der Waals surface area contributed by atoms with Crippen LogP contribution in [0.1, 0.15) is 6.92 Å². The SMILES string of the molecule is CCOC(=O)/C=[N+](/C)[O-]. The predicted octanol–water partition coefficient (Wildman–Crippen LogP) is -0.240. The maximum absolute atomic E-state index is 10.3. The van der Waals surface area contributed by atoms with Crippen LogP contribution in [0.5, 0.6) is 0 Å². The normalized spacial score (nSPS) is 11.1. The molecule has 0 rings (SSSR count). The highest BCUT2D eigenvalue weighted by Gasteiger charge is 1.98. The molecule has 52 valence electrons. The van der Waals surface area contributed by atoms with Crippen LogP contribution in [0.2, 0.25) is 0 Å². The summed E-state index contributed by atoms with van der Waals surface area (Å²) in [6, 6.07) is 0. The van der Waals surface area contributed by atoms with Crippen molar-refractivity contribution in [2.24, 2.45) is 0 Å². The average Bonchev–Trinajstić information content (AvgIpc) is 1.63. The molecule has 0 saturated heterocycles. The van der Waals surface area contributed by atoms with E-state index in [1.165, 1.54) is 7.05 Å². The summed E-state index contributed by atoms with van der Waals surface area (Å²) in [5.74, 6) is -0.602. The minimum absolute atomic E-state index is 0.295. The zero-order valence-corrected chi connectivity index (χ0v) is 5.46. The second-order valence-corrected chi connectivity index (χ2v) is 1.43. The van der Waals surface area contributed by atoms with E-state index in [4.69, 9.17) is 0 Å². The summed E-state index contributed by atoms with van der Waals surface area (Å²) in [6.45, 7) is 1.97. The molecule has 9 heavy (non-hydrogen) atoms. The Morgan fingerprint density at radius 2 is 2.44 bits per heavy atom. The van der Waals surface area contributed by atoms with Gasteiger partial charge in [-0.25, -0.2) is 9.53 Å². The third kappa shape index (κ3) is 4.80. The summed E-state index contributed by atoms with van der Waals surface area (Å²) in [5.41, 5.74) is 0. The molecule has 0 N–H and O–H groups in total. The van der Waals surface area contributed by atoms with E-state index in [0.717, 1.165) is 6.21 Å². The molecule has 0 aliphatic carbocycles. The summed E-state index contributed by atoms with van der Waals surface area (Å²) in [7, 11) is 1.22. The van der Waals surface area contributed by atoms with Gasteiger partial charge in [0.15, 0.2) is 0 Å². The summed E-state index contributed by atoms with van der Waals surface area (Å²) in [5, 5.41) is 10.1. The van der Waals surface area contributed by atoms with Crippen LogP contribution in [-0.2, 0) is 9.53 Å². The fourth-order valence-electron chi connectivity index (χ4n) is 0.328. The highest BCUT2D eigenvalue weighted by Crippen LogP contribution is 1.71. The Bertz CT molecular complexity index is 126. The van der Waals surface area contributed by atoms with Gasteiger partial charge in [0.05, 0.1) is 6.61 Å². The summed E-state index contributed by atoms with van der Waals surface area (Å²) in [6.07, 6.45) is 0.837. The average molecular weight is 131 g/mol. The Labute approximate surface area is 53.3 Å². The third-order valence-corrected chi connectivity index (χ3v) is 0.574. The van der Waals surface area contributed by atoms with Crippen LogP contribution in [0.3, 0.4) is 0 Å². The monoisotopic (exact) mass is 131 g/mol. The first kappa shape index (κ1) is 7.94. The largest absolute Gasteiger partial charge is 0.624 e. The smallest absolute Gasteiger partial charge is 0.396 e. The van der Waals surface area contributed by atoms with Gasteiger partial charge in [0.25, 0.3) is 6.21 Å². The van der Waals surface area contributed by atoms with Gasteiger partial charge in [0, 0.05) is 0 Å². The van der Waals surface area contributed by atoms with Crippen LogP contribution in [0, 0.1) is 5.21 Å². The van der Waals surface area contributed by atoms with Gasteiger partial charge in [0.2, 0.25) is 0 Å². The number of nitrogens with zero attached hydrogens (tertiary/aromatic N) is 1. The van der Waals surface area contributed by atoms with Gasteiger partial charge in [-0.1, -0.05) is 0 Å². The van der Waals surface area contributed by atoms with Crippen LogP contribution in [0.15, 0.2) is 0 Å². The molecule has 0 radical (unpaired) electrons.